The average Bonchev–Trinajstić information content (AvgIpc) is 3.95. The predicted octanol–water partition coefficient (Wildman–Crippen LogP) is 15.3. The second-order valence-electron chi connectivity index (χ2n) is 14.4. The largest absolute Gasteiger partial charge is 0.455 e. The average molecular weight is 733 g/mol. The lowest BCUT2D eigenvalue weighted by molar-refractivity contribution is 0.672. The van der Waals surface area contributed by atoms with Gasteiger partial charge in [0.2, 0.25) is 0 Å². The maximum atomic E-state index is 6.77. The van der Waals surface area contributed by atoms with Gasteiger partial charge in [-0.05, 0) is 89.3 Å². The van der Waals surface area contributed by atoms with Crippen molar-refractivity contribution in [2.45, 2.75) is 0 Å². The summed E-state index contributed by atoms with van der Waals surface area (Å²) in [5.74, 6) is 0. The van der Waals surface area contributed by atoms with Crippen LogP contribution in [0.2, 0.25) is 0 Å². The molecule has 0 bridgehead atoms. The molecule has 0 aliphatic rings. The SMILES string of the molecule is c1ccc(-n2c3ccccc3c3c(-c4cccc(N(c5cccc6oc7c8ccccc8ccc7c56)c5cccc6sc7ccccc7c56)c4)cccc32)cc1. The smallest absolute Gasteiger partial charge is 0.143 e. The molecule has 0 saturated carbocycles. The molecule has 0 aliphatic carbocycles. The van der Waals surface area contributed by atoms with Crippen LogP contribution in [0.3, 0.4) is 0 Å². The van der Waals surface area contributed by atoms with Crippen LogP contribution in [0, 0.1) is 0 Å². The summed E-state index contributed by atoms with van der Waals surface area (Å²) in [6.45, 7) is 0. The van der Waals surface area contributed by atoms with E-state index in [0.29, 0.717) is 0 Å². The van der Waals surface area contributed by atoms with Crippen LogP contribution in [0.15, 0.2) is 199 Å². The Hall–Kier alpha value is -7.14. The molecule has 0 aliphatic heterocycles. The van der Waals surface area contributed by atoms with E-state index in [9.17, 15) is 0 Å². The summed E-state index contributed by atoms with van der Waals surface area (Å²) in [5.41, 5.74) is 11.0. The highest BCUT2D eigenvalue weighted by atomic mass is 32.1. The molecule has 4 heteroatoms. The van der Waals surface area contributed by atoms with Crippen LogP contribution in [0.1, 0.15) is 0 Å². The number of para-hydroxylation sites is 2. The van der Waals surface area contributed by atoms with Gasteiger partial charge in [-0.2, -0.15) is 0 Å². The van der Waals surface area contributed by atoms with Crippen molar-refractivity contribution in [1.29, 1.82) is 0 Å². The van der Waals surface area contributed by atoms with E-state index in [-0.39, 0.29) is 0 Å². The molecule has 12 rings (SSSR count). The molecule has 3 heterocycles. The Morgan fingerprint density at radius 1 is 0.446 bits per heavy atom. The first kappa shape index (κ1) is 31.2. The van der Waals surface area contributed by atoms with Crippen molar-refractivity contribution < 1.29 is 4.42 Å². The van der Waals surface area contributed by atoms with Crippen molar-refractivity contribution in [3.63, 3.8) is 0 Å². The van der Waals surface area contributed by atoms with Gasteiger partial charge in [-0.1, -0.05) is 121 Å². The van der Waals surface area contributed by atoms with E-state index < -0.39 is 0 Å². The second kappa shape index (κ2) is 12.2. The summed E-state index contributed by atoms with van der Waals surface area (Å²) in [7, 11) is 0. The Morgan fingerprint density at radius 3 is 2.05 bits per heavy atom. The molecule has 56 heavy (non-hydrogen) atoms. The van der Waals surface area contributed by atoms with Gasteiger partial charge in [0.25, 0.3) is 0 Å². The van der Waals surface area contributed by atoms with Gasteiger partial charge in [0, 0.05) is 53.1 Å². The number of thiophene rings is 1. The molecule has 0 atom stereocenters. The monoisotopic (exact) mass is 732 g/mol. The van der Waals surface area contributed by atoms with E-state index in [1.807, 2.05) is 11.3 Å². The first-order valence-electron chi connectivity index (χ1n) is 19.0. The lowest BCUT2D eigenvalue weighted by Crippen LogP contribution is -2.11. The van der Waals surface area contributed by atoms with Gasteiger partial charge in [-0.3, -0.25) is 0 Å². The molecule has 0 radical (unpaired) electrons. The predicted molar refractivity (Wildman–Crippen MR) is 239 cm³/mol. The normalized spacial score (nSPS) is 11.9. The molecule has 3 aromatic heterocycles. The van der Waals surface area contributed by atoms with E-state index in [1.54, 1.807) is 0 Å². The number of benzene rings is 9. The Morgan fingerprint density at radius 2 is 1.14 bits per heavy atom. The van der Waals surface area contributed by atoms with Gasteiger partial charge < -0.3 is 13.9 Å². The molecule has 262 valence electrons. The summed E-state index contributed by atoms with van der Waals surface area (Å²) in [6, 6.07) is 70.2. The summed E-state index contributed by atoms with van der Waals surface area (Å²) < 4.78 is 11.7. The Kier molecular flexibility index (Phi) is 6.80. The van der Waals surface area contributed by atoms with Gasteiger partial charge in [-0.25, -0.2) is 0 Å². The molecule has 9 aromatic carbocycles. The van der Waals surface area contributed by atoms with Crippen LogP contribution in [-0.4, -0.2) is 4.57 Å². The molecule has 0 fully saturated rings. The summed E-state index contributed by atoms with van der Waals surface area (Å²) in [6.07, 6.45) is 0. The van der Waals surface area contributed by atoms with E-state index in [2.05, 4.69) is 204 Å². The van der Waals surface area contributed by atoms with E-state index in [1.165, 1.54) is 52.9 Å². The lowest BCUT2D eigenvalue weighted by atomic mass is 9.98. The molecule has 3 nitrogen and oxygen atoms in total. The van der Waals surface area contributed by atoms with Crippen molar-refractivity contribution in [2.24, 2.45) is 0 Å². The first-order chi connectivity index (χ1) is 27.8. The number of rotatable bonds is 5. The number of hydrogen-bond acceptors (Lipinski definition) is 3. The topological polar surface area (TPSA) is 21.3 Å². The van der Waals surface area contributed by atoms with Gasteiger partial charge in [0.1, 0.15) is 11.2 Å². The maximum absolute atomic E-state index is 6.77. The number of aromatic nitrogens is 1. The highest BCUT2D eigenvalue weighted by Crippen LogP contribution is 2.49. The number of fused-ring (bicyclic) bond motifs is 11. The Balaban J connectivity index is 1.15. The minimum atomic E-state index is 0.871. The third-order valence-electron chi connectivity index (χ3n) is 11.4. The Bertz CT molecular complexity index is 3500. The van der Waals surface area contributed by atoms with Crippen LogP contribution in [0.5, 0.6) is 0 Å². The molecule has 0 N–H and O–H groups in total. The number of anilines is 3. The minimum absolute atomic E-state index is 0.871. The summed E-state index contributed by atoms with van der Waals surface area (Å²) >= 11 is 1.85. The Labute approximate surface area is 326 Å². The molecular formula is C52H32N2OS. The first-order valence-corrected chi connectivity index (χ1v) is 19.8. The van der Waals surface area contributed by atoms with Crippen molar-refractivity contribution in [1.82, 2.24) is 4.57 Å². The number of furan rings is 1. The highest BCUT2D eigenvalue weighted by Gasteiger charge is 2.24. The van der Waals surface area contributed by atoms with Gasteiger partial charge in [0.05, 0.1) is 27.8 Å². The third kappa shape index (κ3) is 4.57. The van der Waals surface area contributed by atoms with Gasteiger partial charge >= 0.3 is 0 Å². The van der Waals surface area contributed by atoms with Gasteiger partial charge in [0.15, 0.2) is 0 Å². The molecule has 0 unspecified atom stereocenters. The van der Waals surface area contributed by atoms with Crippen LogP contribution < -0.4 is 4.90 Å². The second-order valence-corrected chi connectivity index (χ2v) is 15.5. The fourth-order valence-electron chi connectivity index (χ4n) is 9.00. The maximum Gasteiger partial charge on any atom is 0.143 e. The zero-order chi connectivity index (χ0) is 36.7. The molecule has 0 amide bonds. The standard InChI is InChI=1S/C52H32N2OS/c1-2-16-35(17-3-1)53-42-23-8-6-20-39(42)49-37(22-11-24-43(49)53)34-15-10-18-36(32-34)54(45-26-13-29-48-51(45)40-21-7-9-28-47(40)56-48)44-25-12-27-46-50(44)41-31-30-33-14-4-5-19-38(33)52(41)55-46/h1-32H. The van der Waals surface area contributed by atoms with Crippen LogP contribution >= 0.6 is 11.3 Å². The van der Waals surface area contributed by atoms with Crippen LogP contribution in [-0.2, 0) is 0 Å². The lowest BCUT2D eigenvalue weighted by Gasteiger charge is -2.27. The van der Waals surface area contributed by atoms with Crippen LogP contribution in [0.25, 0.3) is 91.5 Å². The fourth-order valence-corrected chi connectivity index (χ4v) is 10.1. The summed E-state index contributed by atoms with van der Waals surface area (Å²) in [4.78, 5) is 2.46. The minimum Gasteiger partial charge on any atom is -0.455 e. The summed E-state index contributed by atoms with van der Waals surface area (Å²) in [5, 5.41) is 9.49. The van der Waals surface area contributed by atoms with E-state index in [0.717, 1.165) is 55.6 Å². The highest BCUT2D eigenvalue weighted by molar-refractivity contribution is 7.26. The molecule has 0 saturated heterocycles. The number of hydrogen-bond donors (Lipinski definition) is 0. The van der Waals surface area contributed by atoms with E-state index in [4.69, 9.17) is 4.42 Å². The van der Waals surface area contributed by atoms with Gasteiger partial charge in [-0.15, -0.1) is 11.3 Å². The van der Waals surface area contributed by atoms with Crippen molar-refractivity contribution in [2.75, 3.05) is 4.90 Å². The third-order valence-corrected chi connectivity index (χ3v) is 12.5. The molecule has 12 aromatic rings. The fraction of sp³-hybridized carbons (Fsp3) is 0. The zero-order valence-corrected chi connectivity index (χ0v) is 31.0. The molecule has 0 spiro atoms. The van der Waals surface area contributed by atoms with Crippen molar-refractivity contribution in [3.05, 3.63) is 194 Å². The number of nitrogens with zero attached hydrogens (tertiary/aromatic N) is 2. The van der Waals surface area contributed by atoms with Crippen molar-refractivity contribution >= 4 is 103 Å². The van der Waals surface area contributed by atoms with Crippen LogP contribution in [0.4, 0.5) is 17.1 Å². The zero-order valence-electron chi connectivity index (χ0n) is 30.2. The quantitative estimate of drug-likeness (QED) is 0.176. The van der Waals surface area contributed by atoms with Crippen molar-refractivity contribution in [3.8, 4) is 16.8 Å². The van der Waals surface area contributed by atoms with E-state index >= 15 is 0 Å². The molecular weight excluding hydrogens is 701 g/mol.